The van der Waals surface area contributed by atoms with E-state index in [9.17, 15) is 14.0 Å². The maximum atomic E-state index is 13.0. The van der Waals surface area contributed by atoms with Crippen molar-refractivity contribution in [2.45, 2.75) is 32.6 Å². The summed E-state index contributed by atoms with van der Waals surface area (Å²) in [5.74, 6) is -0.992. The van der Waals surface area contributed by atoms with Crippen molar-refractivity contribution in [3.05, 3.63) is 65.3 Å². The molecule has 0 unspecified atom stereocenters. The van der Waals surface area contributed by atoms with E-state index in [1.54, 1.807) is 12.1 Å². The molecule has 0 aromatic heterocycles. The van der Waals surface area contributed by atoms with Crippen molar-refractivity contribution in [2.75, 3.05) is 10.6 Å². The number of carbonyl (C=O) groups excluding carboxylic acids is 2. The minimum Gasteiger partial charge on any atom is -0.326 e. The Labute approximate surface area is 157 Å². The second-order valence-corrected chi connectivity index (χ2v) is 7.04. The highest BCUT2D eigenvalue weighted by molar-refractivity contribution is 6.17. The number of hydrogen-bond donors (Lipinski definition) is 2. The Morgan fingerprint density at radius 3 is 2.11 bits per heavy atom. The van der Waals surface area contributed by atoms with E-state index < -0.39 is 23.0 Å². The Kier molecular flexibility index (Phi) is 4.95. The van der Waals surface area contributed by atoms with Crippen molar-refractivity contribution >= 4 is 28.9 Å². The van der Waals surface area contributed by atoms with Crippen LogP contribution in [0.25, 0.3) is 4.85 Å². The van der Waals surface area contributed by atoms with Crippen molar-refractivity contribution in [2.24, 2.45) is 5.41 Å². The lowest BCUT2D eigenvalue weighted by atomic mass is 10.0. The van der Waals surface area contributed by atoms with Crippen LogP contribution in [-0.2, 0) is 9.59 Å². The zero-order valence-electron chi connectivity index (χ0n) is 15.2. The third-order valence-electron chi connectivity index (χ3n) is 4.75. The van der Waals surface area contributed by atoms with Gasteiger partial charge in [0, 0.05) is 11.4 Å². The predicted octanol–water partition coefficient (Wildman–Crippen LogP) is 4.86. The fraction of sp³-hybridized carbons (Fsp3) is 0.286. The van der Waals surface area contributed by atoms with E-state index in [0.29, 0.717) is 29.9 Å². The Morgan fingerprint density at radius 1 is 1.04 bits per heavy atom. The van der Waals surface area contributed by atoms with Gasteiger partial charge in [0.2, 0.25) is 11.8 Å². The zero-order chi connectivity index (χ0) is 19.6. The molecule has 1 saturated carbocycles. The van der Waals surface area contributed by atoms with Gasteiger partial charge in [-0.2, -0.15) is 0 Å². The molecule has 0 aliphatic heterocycles. The van der Waals surface area contributed by atoms with E-state index in [1.807, 2.05) is 19.9 Å². The molecule has 27 heavy (non-hydrogen) atoms. The summed E-state index contributed by atoms with van der Waals surface area (Å²) < 4.78 is 13.0. The minimum atomic E-state index is -1.12. The molecule has 6 heteroatoms. The lowest BCUT2D eigenvalue weighted by Crippen LogP contribution is -2.35. The number of amides is 2. The standard InChI is InChI=1S/C21H20FN3O2/c1-13(2)17-9-8-16(12-18(17)23-3)25-20(27)21(10-11-21)19(26)24-15-6-4-14(22)5-7-15/h4-9,12-13H,10-11H2,1-2H3,(H,24,26)(H,25,27). The Bertz CT molecular complexity index is 925. The highest BCUT2D eigenvalue weighted by Crippen LogP contribution is 2.47. The number of nitrogens with zero attached hydrogens (tertiary/aromatic N) is 1. The maximum absolute atomic E-state index is 13.0. The summed E-state index contributed by atoms with van der Waals surface area (Å²) >= 11 is 0. The monoisotopic (exact) mass is 365 g/mol. The number of nitrogens with one attached hydrogen (secondary N) is 2. The highest BCUT2D eigenvalue weighted by atomic mass is 19.1. The molecule has 2 amide bonds. The van der Waals surface area contributed by atoms with Crippen LogP contribution in [0.4, 0.5) is 21.5 Å². The van der Waals surface area contributed by atoms with Crippen LogP contribution in [0.15, 0.2) is 42.5 Å². The highest BCUT2D eigenvalue weighted by Gasteiger charge is 2.56. The van der Waals surface area contributed by atoms with Gasteiger partial charge in [0.15, 0.2) is 5.69 Å². The molecular weight excluding hydrogens is 345 g/mol. The van der Waals surface area contributed by atoms with Crippen molar-refractivity contribution in [1.29, 1.82) is 0 Å². The first-order valence-electron chi connectivity index (χ1n) is 8.75. The van der Waals surface area contributed by atoms with Crippen LogP contribution in [0.1, 0.15) is 38.2 Å². The molecule has 3 rings (SSSR count). The van der Waals surface area contributed by atoms with Gasteiger partial charge in [0.1, 0.15) is 11.2 Å². The van der Waals surface area contributed by atoms with Crippen LogP contribution in [0.2, 0.25) is 0 Å². The van der Waals surface area contributed by atoms with Crippen molar-refractivity contribution in [3.63, 3.8) is 0 Å². The van der Waals surface area contributed by atoms with Crippen LogP contribution in [0, 0.1) is 17.8 Å². The lowest BCUT2D eigenvalue weighted by Gasteiger charge is -2.16. The third-order valence-corrected chi connectivity index (χ3v) is 4.75. The first-order chi connectivity index (χ1) is 12.9. The van der Waals surface area contributed by atoms with Gasteiger partial charge >= 0.3 is 0 Å². The molecule has 1 aliphatic carbocycles. The van der Waals surface area contributed by atoms with E-state index in [-0.39, 0.29) is 5.92 Å². The lowest BCUT2D eigenvalue weighted by molar-refractivity contribution is -0.131. The summed E-state index contributed by atoms with van der Waals surface area (Å²) in [6.45, 7) is 11.3. The van der Waals surface area contributed by atoms with Crippen LogP contribution in [0.3, 0.4) is 0 Å². The van der Waals surface area contributed by atoms with Gasteiger partial charge in [0.05, 0.1) is 6.57 Å². The molecule has 2 N–H and O–H groups in total. The minimum absolute atomic E-state index is 0.204. The molecule has 0 bridgehead atoms. The average Bonchev–Trinajstić information content (AvgIpc) is 3.45. The maximum Gasteiger partial charge on any atom is 0.240 e. The van der Waals surface area contributed by atoms with E-state index in [1.165, 1.54) is 24.3 Å². The molecule has 0 heterocycles. The average molecular weight is 365 g/mol. The fourth-order valence-corrected chi connectivity index (χ4v) is 2.92. The molecular formula is C21H20FN3O2. The normalized spacial score (nSPS) is 14.3. The van der Waals surface area contributed by atoms with Gasteiger partial charge < -0.3 is 10.6 Å². The van der Waals surface area contributed by atoms with Crippen molar-refractivity contribution in [3.8, 4) is 0 Å². The van der Waals surface area contributed by atoms with Gasteiger partial charge in [-0.25, -0.2) is 9.24 Å². The third kappa shape index (κ3) is 3.82. The molecule has 2 aromatic rings. The van der Waals surface area contributed by atoms with Crippen LogP contribution >= 0.6 is 0 Å². The summed E-state index contributed by atoms with van der Waals surface area (Å²) in [7, 11) is 0. The molecule has 1 fully saturated rings. The zero-order valence-corrected chi connectivity index (χ0v) is 15.2. The number of benzene rings is 2. The predicted molar refractivity (Wildman–Crippen MR) is 102 cm³/mol. The molecule has 5 nitrogen and oxygen atoms in total. The van der Waals surface area contributed by atoms with Crippen LogP contribution < -0.4 is 10.6 Å². The van der Waals surface area contributed by atoms with Crippen molar-refractivity contribution < 1.29 is 14.0 Å². The number of anilines is 2. The quantitative estimate of drug-likeness (QED) is 0.587. The van der Waals surface area contributed by atoms with Crippen LogP contribution in [-0.4, -0.2) is 11.8 Å². The largest absolute Gasteiger partial charge is 0.326 e. The first kappa shape index (κ1) is 18.6. The Balaban J connectivity index is 1.73. The van der Waals surface area contributed by atoms with E-state index in [2.05, 4.69) is 15.5 Å². The SMILES string of the molecule is [C-]#[N+]c1cc(NC(=O)C2(C(=O)Nc3ccc(F)cc3)CC2)ccc1C(C)C. The summed E-state index contributed by atoms with van der Waals surface area (Å²) in [5, 5.41) is 5.43. The van der Waals surface area contributed by atoms with Gasteiger partial charge in [0.25, 0.3) is 0 Å². The summed E-state index contributed by atoms with van der Waals surface area (Å²) in [4.78, 5) is 28.8. The molecule has 0 spiro atoms. The van der Waals surface area contributed by atoms with Gasteiger partial charge in [-0.15, -0.1) is 0 Å². The van der Waals surface area contributed by atoms with E-state index in [0.717, 1.165) is 5.56 Å². The van der Waals surface area contributed by atoms with Crippen molar-refractivity contribution in [1.82, 2.24) is 0 Å². The Hall–Kier alpha value is -3.20. The smallest absolute Gasteiger partial charge is 0.240 e. The molecule has 0 radical (unpaired) electrons. The van der Waals surface area contributed by atoms with E-state index in [4.69, 9.17) is 6.57 Å². The van der Waals surface area contributed by atoms with Crippen LogP contribution in [0.5, 0.6) is 0 Å². The molecule has 138 valence electrons. The van der Waals surface area contributed by atoms with Gasteiger partial charge in [-0.05, 0) is 60.7 Å². The Morgan fingerprint density at radius 2 is 1.59 bits per heavy atom. The van der Waals surface area contributed by atoms with Gasteiger partial charge in [-0.1, -0.05) is 19.9 Å². The second kappa shape index (κ2) is 7.20. The number of carbonyl (C=O) groups is 2. The molecule has 0 atom stereocenters. The first-order valence-corrected chi connectivity index (χ1v) is 8.75. The topological polar surface area (TPSA) is 62.6 Å². The second-order valence-electron chi connectivity index (χ2n) is 7.04. The van der Waals surface area contributed by atoms with E-state index >= 15 is 0 Å². The summed E-state index contributed by atoms with van der Waals surface area (Å²) in [5.41, 5.74) is 1.22. The number of rotatable bonds is 5. The molecule has 0 saturated heterocycles. The van der Waals surface area contributed by atoms with Gasteiger partial charge in [-0.3, -0.25) is 9.59 Å². The number of halogens is 1. The molecule has 1 aliphatic rings. The number of hydrogen-bond acceptors (Lipinski definition) is 2. The summed E-state index contributed by atoms with van der Waals surface area (Å²) in [6.07, 6.45) is 0.900. The summed E-state index contributed by atoms with van der Waals surface area (Å²) in [6, 6.07) is 10.6. The molecule has 2 aromatic carbocycles. The fourth-order valence-electron chi connectivity index (χ4n) is 2.92.